The van der Waals surface area contributed by atoms with Crippen molar-refractivity contribution in [2.24, 2.45) is 5.92 Å². The van der Waals surface area contributed by atoms with E-state index in [1.54, 1.807) is 23.8 Å². The average molecular weight is 395 g/mol. The summed E-state index contributed by atoms with van der Waals surface area (Å²) in [4.78, 5) is 28.7. The van der Waals surface area contributed by atoms with Gasteiger partial charge in [-0.3, -0.25) is 9.59 Å². The van der Waals surface area contributed by atoms with Crippen molar-refractivity contribution in [1.82, 2.24) is 10.2 Å². The van der Waals surface area contributed by atoms with Gasteiger partial charge in [-0.25, -0.2) is 0 Å². The lowest BCUT2D eigenvalue weighted by Crippen LogP contribution is -3.06. The summed E-state index contributed by atoms with van der Waals surface area (Å²) in [6, 6.07) is 7.29. The number of thioether (sulfide) groups is 1. The van der Waals surface area contributed by atoms with E-state index in [2.05, 4.69) is 33.3 Å². The predicted molar refractivity (Wildman–Crippen MR) is 109 cm³/mol. The molecule has 2 atom stereocenters. The summed E-state index contributed by atoms with van der Waals surface area (Å²) < 4.78 is 5.23. The number of rotatable bonds is 9. The molecule has 0 radical (unpaired) electrons. The van der Waals surface area contributed by atoms with Crippen molar-refractivity contribution < 1.29 is 19.2 Å². The Balaban J connectivity index is 2.21. The summed E-state index contributed by atoms with van der Waals surface area (Å²) in [5.74, 6) is 1.47. The molecule has 0 aliphatic carbocycles. The van der Waals surface area contributed by atoms with E-state index in [1.807, 2.05) is 24.3 Å². The summed E-state index contributed by atoms with van der Waals surface area (Å²) in [6.45, 7) is 5.63. The summed E-state index contributed by atoms with van der Waals surface area (Å²) in [5, 5.41) is 2.88. The molecule has 2 rings (SSSR count). The molecule has 0 bridgehead atoms. The number of hydrogen-bond donors (Lipinski definition) is 2. The molecule has 1 heterocycles. The van der Waals surface area contributed by atoms with Gasteiger partial charge in [-0.1, -0.05) is 26.0 Å². The van der Waals surface area contributed by atoms with Crippen LogP contribution in [0.1, 0.15) is 31.2 Å². The third-order valence-corrected chi connectivity index (χ3v) is 5.79. The van der Waals surface area contributed by atoms with E-state index in [4.69, 9.17) is 4.74 Å². The Hall–Kier alpha value is -1.73. The molecule has 150 valence electrons. The second-order valence-electron chi connectivity index (χ2n) is 7.63. The van der Waals surface area contributed by atoms with Crippen LogP contribution in [0.5, 0.6) is 5.75 Å². The largest absolute Gasteiger partial charge is 0.497 e. The Morgan fingerprint density at radius 1 is 1.33 bits per heavy atom. The first kappa shape index (κ1) is 21.6. The van der Waals surface area contributed by atoms with E-state index in [-0.39, 0.29) is 17.2 Å². The molecule has 0 spiro atoms. The third kappa shape index (κ3) is 5.87. The second kappa shape index (κ2) is 9.99. The SMILES string of the molecule is COc1ccc([C@H]2SCC(=O)N2[C@@H](CC(C)C)C(=O)NCC[NH+](C)C)cc1. The van der Waals surface area contributed by atoms with Gasteiger partial charge in [-0.2, -0.15) is 0 Å². The molecule has 1 aliphatic rings. The van der Waals surface area contributed by atoms with Gasteiger partial charge >= 0.3 is 0 Å². The van der Waals surface area contributed by atoms with E-state index in [0.717, 1.165) is 17.9 Å². The van der Waals surface area contributed by atoms with Crippen LogP contribution < -0.4 is 15.0 Å². The maximum absolute atomic E-state index is 12.9. The smallest absolute Gasteiger partial charge is 0.243 e. The molecule has 1 fully saturated rings. The van der Waals surface area contributed by atoms with E-state index in [1.165, 1.54) is 4.90 Å². The van der Waals surface area contributed by atoms with Crippen molar-refractivity contribution in [2.75, 3.05) is 40.0 Å². The van der Waals surface area contributed by atoms with E-state index >= 15 is 0 Å². The number of benzene rings is 1. The number of carbonyl (C=O) groups excluding carboxylic acids is 2. The fourth-order valence-corrected chi connectivity index (χ4v) is 4.37. The zero-order valence-electron chi connectivity index (χ0n) is 17.0. The van der Waals surface area contributed by atoms with Crippen molar-refractivity contribution in [1.29, 1.82) is 0 Å². The highest BCUT2D eigenvalue weighted by Crippen LogP contribution is 2.41. The lowest BCUT2D eigenvalue weighted by Gasteiger charge is -2.33. The minimum absolute atomic E-state index is 0.0276. The number of nitrogens with zero attached hydrogens (tertiary/aromatic N) is 1. The number of nitrogens with one attached hydrogen (secondary N) is 2. The number of likely N-dealkylation sites (N-methyl/N-ethyl adjacent to an activating group) is 1. The minimum atomic E-state index is -0.447. The number of quaternary nitrogens is 1. The molecule has 1 saturated heterocycles. The van der Waals surface area contributed by atoms with Crippen molar-refractivity contribution in [3.8, 4) is 5.75 Å². The number of amides is 2. The van der Waals surface area contributed by atoms with Crippen LogP contribution in [0.25, 0.3) is 0 Å². The maximum atomic E-state index is 12.9. The Bertz CT molecular complexity index is 634. The van der Waals surface area contributed by atoms with Crippen LogP contribution in [0.3, 0.4) is 0 Å². The molecule has 6 nitrogen and oxygen atoms in total. The van der Waals surface area contributed by atoms with E-state index in [0.29, 0.717) is 24.6 Å². The van der Waals surface area contributed by atoms with Gasteiger partial charge in [0.15, 0.2) is 0 Å². The van der Waals surface area contributed by atoms with Gasteiger partial charge in [0.25, 0.3) is 0 Å². The van der Waals surface area contributed by atoms with Crippen LogP contribution in [0.15, 0.2) is 24.3 Å². The van der Waals surface area contributed by atoms with Crippen molar-refractivity contribution in [2.45, 2.75) is 31.7 Å². The summed E-state index contributed by atoms with van der Waals surface area (Å²) in [6.07, 6.45) is 0.652. The Morgan fingerprint density at radius 2 is 2.00 bits per heavy atom. The molecular weight excluding hydrogens is 362 g/mol. The Labute approximate surface area is 166 Å². The number of methoxy groups -OCH3 is 1. The van der Waals surface area contributed by atoms with Crippen molar-refractivity contribution >= 4 is 23.6 Å². The van der Waals surface area contributed by atoms with Crippen LogP contribution in [-0.2, 0) is 9.59 Å². The lowest BCUT2D eigenvalue weighted by atomic mass is 10.0. The Kier molecular flexibility index (Phi) is 7.98. The average Bonchev–Trinajstić information content (AvgIpc) is 3.00. The summed E-state index contributed by atoms with van der Waals surface area (Å²) >= 11 is 1.58. The molecule has 2 N–H and O–H groups in total. The van der Waals surface area contributed by atoms with Crippen LogP contribution in [-0.4, -0.2) is 62.8 Å². The van der Waals surface area contributed by atoms with Gasteiger partial charge in [-0.15, -0.1) is 11.8 Å². The lowest BCUT2D eigenvalue weighted by molar-refractivity contribution is -0.856. The second-order valence-corrected chi connectivity index (χ2v) is 8.70. The highest BCUT2D eigenvalue weighted by Gasteiger charge is 2.41. The van der Waals surface area contributed by atoms with Gasteiger partial charge in [0.05, 0.1) is 40.0 Å². The fraction of sp³-hybridized carbons (Fsp3) is 0.600. The van der Waals surface area contributed by atoms with E-state index < -0.39 is 6.04 Å². The van der Waals surface area contributed by atoms with Crippen LogP contribution >= 0.6 is 11.8 Å². The molecular formula is C20H32N3O3S+. The standard InChI is InChI=1S/C20H31N3O3S/c1-14(2)12-17(19(25)21-10-11-22(3)4)23-18(24)13-27-20(23)15-6-8-16(26-5)9-7-15/h6-9,14,17,20H,10-13H2,1-5H3,(H,21,25)/p+1/t17-,20+/m0/s1. The van der Waals surface area contributed by atoms with Crippen LogP contribution in [0, 0.1) is 5.92 Å². The summed E-state index contributed by atoms with van der Waals surface area (Å²) in [7, 11) is 5.74. The first-order valence-electron chi connectivity index (χ1n) is 9.47. The van der Waals surface area contributed by atoms with Gasteiger partial charge in [0.1, 0.15) is 17.2 Å². The number of carbonyl (C=O) groups is 2. The molecule has 1 aromatic rings. The molecule has 2 amide bonds. The third-order valence-electron chi connectivity index (χ3n) is 4.56. The summed E-state index contributed by atoms with van der Waals surface area (Å²) in [5.41, 5.74) is 1.02. The first-order chi connectivity index (χ1) is 12.8. The molecule has 0 unspecified atom stereocenters. The molecule has 0 aromatic heterocycles. The van der Waals surface area contributed by atoms with Gasteiger partial charge < -0.3 is 19.9 Å². The van der Waals surface area contributed by atoms with Gasteiger partial charge in [-0.05, 0) is 30.0 Å². The zero-order valence-corrected chi connectivity index (χ0v) is 17.8. The van der Waals surface area contributed by atoms with Gasteiger partial charge in [0.2, 0.25) is 11.8 Å². The minimum Gasteiger partial charge on any atom is -0.497 e. The topological polar surface area (TPSA) is 63.1 Å². The van der Waals surface area contributed by atoms with Crippen molar-refractivity contribution in [3.63, 3.8) is 0 Å². The highest BCUT2D eigenvalue weighted by molar-refractivity contribution is 8.00. The first-order valence-corrected chi connectivity index (χ1v) is 10.5. The molecule has 7 heteroatoms. The molecule has 1 aromatic carbocycles. The maximum Gasteiger partial charge on any atom is 0.243 e. The van der Waals surface area contributed by atoms with E-state index in [9.17, 15) is 9.59 Å². The highest BCUT2D eigenvalue weighted by atomic mass is 32.2. The monoisotopic (exact) mass is 394 g/mol. The number of ether oxygens (including phenoxy) is 1. The van der Waals surface area contributed by atoms with Crippen LogP contribution in [0.2, 0.25) is 0 Å². The molecule has 1 aliphatic heterocycles. The molecule has 0 saturated carbocycles. The quantitative estimate of drug-likeness (QED) is 0.655. The number of hydrogen-bond acceptors (Lipinski definition) is 4. The van der Waals surface area contributed by atoms with Gasteiger partial charge in [0, 0.05) is 0 Å². The van der Waals surface area contributed by atoms with Crippen LogP contribution in [0.4, 0.5) is 0 Å². The predicted octanol–water partition coefficient (Wildman–Crippen LogP) is 0.945. The Morgan fingerprint density at radius 3 is 2.56 bits per heavy atom. The normalized spacial score (nSPS) is 18.3. The zero-order chi connectivity index (χ0) is 20.0. The van der Waals surface area contributed by atoms with Crippen molar-refractivity contribution in [3.05, 3.63) is 29.8 Å². The fourth-order valence-electron chi connectivity index (χ4n) is 3.15. The molecule has 27 heavy (non-hydrogen) atoms.